The van der Waals surface area contributed by atoms with E-state index in [1.165, 1.54) is 4.90 Å². The third kappa shape index (κ3) is 2.74. The number of amides is 1. The number of nitrogens with zero attached hydrogens (tertiary/aromatic N) is 1. The Hall–Kier alpha value is -1.07. The maximum atomic E-state index is 11.1. The number of carboxylic acid groups (broad SMARTS) is 1. The Bertz CT molecular complexity index is 277. The maximum Gasteiger partial charge on any atom is 0.409 e. The summed E-state index contributed by atoms with van der Waals surface area (Å²) < 4.78 is 5.41. The maximum absolute atomic E-state index is 11.1. The molecule has 0 aromatic rings. The van der Waals surface area contributed by atoms with Gasteiger partial charge in [-0.3, -0.25) is 4.90 Å². The first kappa shape index (κ1) is 13.0. The second kappa shape index (κ2) is 4.84. The first-order valence-electron chi connectivity index (χ1n) is 5.33. The van der Waals surface area contributed by atoms with Gasteiger partial charge in [-0.25, -0.2) is 4.79 Å². The van der Waals surface area contributed by atoms with Crippen molar-refractivity contribution in [2.75, 3.05) is 6.61 Å². The third-order valence-corrected chi connectivity index (χ3v) is 2.76. The van der Waals surface area contributed by atoms with Crippen LogP contribution in [-0.4, -0.2) is 45.7 Å². The van der Waals surface area contributed by atoms with Crippen molar-refractivity contribution < 1.29 is 19.7 Å². The average molecular weight is 229 g/mol. The Balaban J connectivity index is 2.67. The highest BCUT2D eigenvalue weighted by molar-refractivity contribution is 5.66. The normalized spacial score (nSPS) is 25.4. The smallest absolute Gasteiger partial charge is 0.409 e. The molecule has 2 atom stereocenters. The zero-order chi connectivity index (χ0) is 12.3. The molecule has 1 saturated heterocycles. The number of ether oxygens (including phenoxy) is 1. The van der Waals surface area contributed by atoms with Crippen LogP contribution in [0, 0.1) is 0 Å². The predicted octanol–water partition coefficient (Wildman–Crippen LogP) is 1.43. The minimum absolute atomic E-state index is 0.289. The van der Waals surface area contributed by atoms with Crippen molar-refractivity contribution in [1.29, 1.82) is 0 Å². The standard InChI is InChI=1S/C11H19NO4/c1-4-5-9(13)6-8-7-16-11(2,3)12(8)10(14)15/h4,8-9,13H,1,5-7H2,2-3H3,(H,14,15)/t8-,9?/m0/s1. The van der Waals surface area contributed by atoms with Crippen LogP contribution in [0.15, 0.2) is 12.7 Å². The molecule has 5 heteroatoms. The van der Waals surface area contributed by atoms with E-state index in [1.54, 1.807) is 19.9 Å². The van der Waals surface area contributed by atoms with Gasteiger partial charge in [0.25, 0.3) is 0 Å². The molecular weight excluding hydrogens is 210 g/mol. The van der Waals surface area contributed by atoms with Gasteiger partial charge >= 0.3 is 6.09 Å². The molecule has 1 heterocycles. The van der Waals surface area contributed by atoms with E-state index in [1.807, 2.05) is 0 Å². The van der Waals surface area contributed by atoms with E-state index in [0.717, 1.165) is 0 Å². The highest BCUT2D eigenvalue weighted by atomic mass is 16.5. The van der Waals surface area contributed by atoms with E-state index >= 15 is 0 Å². The molecule has 0 spiro atoms. The number of hydrogen-bond donors (Lipinski definition) is 2. The molecule has 0 bridgehead atoms. The molecule has 0 radical (unpaired) electrons. The first-order chi connectivity index (χ1) is 7.38. The fourth-order valence-electron chi connectivity index (χ4n) is 2.05. The molecule has 1 aliphatic heterocycles. The molecule has 1 fully saturated rings. The van der Waals surface area contributed by atoms with Gasteiger partial charge in [0.05, 0.1) is 18.8 Å². The summed E-state index contributed by atoms with van der Waals surface area (Å²) >= 11 is 0. The second-order valence-electron chi connectivity index (χ2n) is 4.48. The summed E-state index contributed by atoms with van der Waals surface area (Å²) in [6, 6.07) is -0.289. The average Bonchev–Trinajstić information content (AvgIpc) is 2.41. The molecule has 92 valence electrons. The lowest BCUT2D eigenvalue weighted by molar-refractivity contribution is -0.0429. The van der Waals surface area contributed by atoms with E-state index in [4.69, 9.17) is 9.84 Å². The number of aliphatic hydroxyl groups excluding tert-OH is 1. The molecule has 0 saturated carbocycles. The molecule has 1 aliphatic rings. The minimum Gasteiger partial charge on any atom is -0.465 e. The van der Waals surface area contributed by atoms with Crippen LogP contribution < -0.4 is 0 Å². The summed E-state index contributed by atoms with van der Waals surface area (Å²) in [5, 5.41) is 18.7. The molecule has 0 aliphatic carbocycles. The van der Waals surface area contributed by atoms with Crippen molar-refractivity contribution in [2.24, 2.45) is 0 Å². The van der Waals surface area contributed by atoms with Gasteiger partial charge in [-0.15, -0.1) is 6.58 Å². The topological polar surface area (TPSA) is 70.0 Å². The van der Waals surface area contributed by atoms with Gasteiger partial charge in [-0.2, -0.15) is 0 Å². The van der Waals surface area contributed by atoms with Crippen LogP contribution in [0.4, 0.5) is 4.79 Å². The fourth-order valence-corrected chi connectivity index (χ4v) is 2.05. The number of aliphatic hydroxyl groups is 1. The summed E-state index contributed by atoms with van der Waals surface area (Å²) in [5.41, 5.74) is -0.815. The second-order valence-corrected chi connectivity index (χ2v) is 4.48. The summed E-state index contributed by atoms with van der Waals surface area (Å²) in [6.07, 6.45) is 0.878. The predicted molar refractivity (Wildman–Crippen MR) is 59.1 cm³/mol. The Morgan fingerprint density at radius 1 is 1.75 bits per heavy atom. The lowest BCUT2D eigenvalue weighted by atomic mass is 10.1. The lowest BCUT2D eigenvalue weighted by Crippen LogP contribution is -2.48. The summed E-state index contributed by atoms with van der Waals surface area (Å²) in [5.74, 6) is 0. The minimum atomic E-state index is -1.02. The van der Waals surface area contributed by atoms with Crippen molar-refractivity contribution in [2.45, 2.75) is 44.6 Å². The van der Waals surface area contributed by atoms with Crippen molar-refractivity contribution in [3.05, 3.63) is 12.7 Å². The SMILES string of the molecule is C=CCC(O)C[C@H]1COC(C)(C)N1C(=O)O. The van der Waals surface area contributed by atoms with E-state index in [2.05, 4.69) is 6.58 Å². The van der Waals surface area contributed by atoms with Gasteiger partial charge in [0.2, 0.25) is 0 Å². The van der Waals surface area contributed by atoms with Crippen molar-refractivity contribution in [3.8, 4) is 0 Å². The summed E-state index contributed by atoms with van der Waals surface area (Å²) in [4.78, 5) is 12.4. The van der Waals surface area contributed by atoms with Crippen LogP contribution in [0.2, 0.25) is 0 Å². The van der Waals surface area contributed by atoms with Gasteiger partial charge in [-0.05, 0) is 26.7 Å². The molecule has 0 aromatic heterocycles. The zero-order valence-electron chi connectivity index (χ0n) is 9.72. The van der Waals surface area contributed by atoms with Crippen LogP contribution in [0.25, 0.3) is 0 Å². The van der Waals surface area contributed by atoms with E-state index in [9.17, 15) is 9.90 Å². The van der Waals surface area contributed by atoms with Crippen molar-refractivity contribution in [3.63, 3.8) is 0 Å². The first-order valence-corrected chi connectivity index (χ1v) is 5.33. The largest absolute Gasteiger partial charge is 0.465 e. The molecule has 5 nitrogen and oxygen atoms in total. The van der Waals surface area contributed by atoms with Gasteiger partial charge in [0, 0.05) is 0 Å². The number of hydrogen-bond acceptors (Lipinski definition) is 3. The third-order valence-electron chi connectivity index (χ3n) is 2.76. The van der Waals surface area contributed by atoms with Gasteiger partial charge in [-0.1, -0.05) is 6.08 Å². The Morgan fingerprint density at radius 3 is 2.88 bits per heavy atom. The molecule has 16 heavy (non-hydrogen) atoms. The molecule has 2 N–H and O–H groups in total. The molecule has 1 amide bonds. The molecule has 1 unspecified atom stereocenters. The Labute approximate surface area is 95.3 Å². The number of rotatable bonds is 4. The van der Waals surface area contributed by atoms with E-state index in [-0.39, 0.29) is 6.04 Å². The summed E-state index contributed by atoms with van der Waals surface area (Å²) in [6.45, 7) is 7.28. The monoisotopic (exact) mass is 229 g/mol. The van der Waals surface area contributed by atoms with Crippen LogP contribution in [0.5, 0.6) is 0 Å². The van der Waals surface area contributed by atoms with E-state index < -0.39 is 17.9 Å². The van der Waals surface area contributed by atoms with Gasteiger partial charge in [0.1, 0.15) is 5.72 Å². The molecular formula is C11H19NO4. The molecule has 1 rings (SSSR count). The number of carbonyl (C=O) groups is 1. The highest BCUT2D eigenvalue weighted by Gasteiger charge is 2.44. The highest BCUT2D eigenvalue weighted by Crippen LogP contribution is 2.29. The Morgan fingerprint density at radius 2 is 2.38 bits per heavy atom. The molecule has 0 aromatic carbocycles. The van der Waals surface area contributed by atoms with Crippen LogP contribution in [0.3, 0.4) is 0 Å². The van der Waals surface area contributed by atoms with Gasteiger partial charge < -0.3 is 14.9 Å². The van der Waals surface area contributed by atoms with Crippen LogP contribution >= 0.6 is 0 Å². The summed E-state index contributed by atoms with van der Waals surface area (Å²) in [7, 11) is 0. The zero-order valence-corrected chi connectivity index (χ0v) is 9.72. The fraction of sp³-hybridized carbons (Fsp3) is 0.727. The quantitative estimate of drug-likeness (QED) is 0.715. The lowest BCUT2D eigenvalue weighted by Gasteiger charge is -2.31. The van der Waals surface area contributed by atoms with E-state index in [0.29, 0.717) is 19.4 Å². The van der Waals surface area contributed by atoms with Crippen molar-refractivity contribution in [1.82, 2.24) is 4.90 Å². The van der Waals surface area contributed by atoms with Gasteiger partial charge in [0.15, 0.2) is 0 Å². The Kier molecular flexibility index (Phi) is 3.93. The van der Waals surface area contributed by atoms with Crippen molar-refractivity contribution >= 4 is 6.09 Å². The van der Waals surface area contributed by atoms with Crippen LogP contribution in [-0.2, 0) is 4.74 Å². The van der Waals surface area contributed by atoms with Crippen LogP contribution in [0.1, 0.15) is 26.7 Å².